The topological polar surface area (TPSA) is 43.4 Å². The van der Waals surface area contributed by atoms with Crippen molar-refractivity contribution in [2.75, 3.05) is 12.9 Å². The summed E-state index contributed by atoms with van der Waals surface area (Å²) in [6, 6.07) is 6.15. The second-order valence-electron chi connectivity index (χ2n) is 4.11. The fourth-order valence-corrected chi connectivity index (χ4v) is 2.79. The van der Waals surface area contributed by atoms with Crippen LogP contribution in [-0.2, 0) is 26.1 Å². The molecule has 0 aliphatic heterocycles. The summed E-state index contributed by atoms with van der Waals surface area (Å²) in [5.41, 5.74) is 3.40. The highest BCUT2D eigenvalue weighted by molar-refractivity contribution is 7.84. The summed E-state index contributed by atoms with van der Waals surface area (Å²) in [6.07, 6.45) is 0.216. The van der Waals surface area contributed by atoms with Gasteiger partial charge in [-0.25, -0.2) is 0 Å². The Morgan fingerprint density at radius 3 is 2.35 bits per heavy atom. The second kappa shape index (κ2) is 6.55. The molecule has 0 spiro atoms. The van der Waals surface area contributed by atoms with Crippen LogP contribution in [-0.4, -0.2) is 23.0 Å². The van der Waals surface area contributed by atoms with Crippen LogP contribution in [0.2, 0.25) is 0 Å². The summed E-state index contributed by atoms with van der Waals surface area (Å²) in [5.74, 6) is 0.554. The molecule has 1 aromatic rings. The molecule has 0 saturated heterocycles. The lowest BCUT2D eigenvalue weighted by molar-refractivity contribution is -0.140. The number of hydrogen-bond acceptors (Lipinski definition) is 3. The molecule has 0 N–H and O–H groups in total. The Balaban J connectivity index is 2.53. The highest BCUT2D eigenvalue weighted by Gasteiger charge is 2.07. The van der Waals surface area contributed by atoms with Gasteiger partial charge < -0.3 is 4.74 Å². The lowest BCUT2D eigenvalue weighted by atomic mass is 10.1. The van der Waals surface area contributed by atoms with Crippen LogP contribution in [0.25, 0.3) is 0 Å². The molecule has 0 bridgehead atoms. The fraction of sp³-hybridized carbons (Fsp3) is 0.462. The molecule has 0 aliphatic carbocycles. The Hall–Kier alpha value is -1.16. The number of carbonyl (C=O) groups is 1. The molecule has 0 aliphatic rings. The first-order chi connectivity index (χ1) is 8.01. The number of aryl methyl sites for hydroxylation is 2. The molecular weight excluding hydrogens is 236 g/mol. The van der Waals surface area contributed by atoms with E-state index in [1.54, 1.807) is 0 Å². The molecule has 94 valence electrons. The number of methoxy groups -OCH3 is 1. The van der Waals surface area contributed by atoms with Gasteiger partial charge in [-0.2, -0.15) is 0 Å². The van der Waals surface area contributed by atoms with Crippen LogP contribution in [0.5, 0.6) is 0 Å². The molecule has 1 rings (SSSR count). The van der Waals surface area contributed by atoms with Gasteiger partial charge in [0.2, 0.25) is 0 Å². The van der Waals surface area contributed by atoms with E-state index in [1.165, 1.54) is 18.2 Å². The third kappa shape index (κ3) is 5.13. The van der Waals surface area contributed by atoms with Crippen LogP contribution in [0.1, 0.15) is 23.1 Å². The normalized spacial score (nSPS) is 12.2. The van der Waals surface area contributed by atoms with E-state index < -0.39 is 10.8 Å². The zero-order valence-electron chi connectivity index (χ0n) is 10.5. The van der Waals surface area contributed by atoms with Crippen LogP contribution in [0.15, 0.2) is 18.2 Å². The van der Waals surface area contributed by atoms with Gasteiger partial charge in [0, 0.05) is 22.3 Å². The molecule has 1 aromatic carbocycles. The Labute approximate surface area is 105 Å². The van der Waals surface area contributed by atoms with Crippen molar-refractivity contribution in [2.45, 2.75) is 26.0 Å². The molecule has 0 heterocycles. The van der Waals surface area contributed by atoms with E-state index >= 15 is 0 Å². The molecule has 0 radical (unpaired) electrons. The maximum atomic E-state index is 11.8. The zero-order valence-corrected chi connectivity index (χ0v) is 11.3. The first kappa shape index (κ1) is 13.9. The predicted molar refractivity (Wildman–Crippen MR) is 69.3 cm³/mol. The van der Waals surface area contributed by atoms with E-state index in [4.69, 9.17) is 0 Å². The quantitative estimate of drug-likeness (QED) is 0.756. The average Bonchev–Trinajstić information content (AvgIpc) is 2.24. The van der Waals surface area contributed by atoms with Gasteiger partial charge >= 0.3 is 5.97 Å². The van der Waals surface area contributed by atoms with Crippen molar-refractivity contribution in [3.05, 3.63) is 34.9 Å². The van der Waals surface area contributed by atoms with Crippen molar-refractivity contribution in [3.63, 3.8) is 0 Å². The highest BCUT2D eigenvalue weighted by Crippen LogP contribution is 2.11. The monoisotopic (exact) mass is 254 g/mol. The molecule has 4 heteroatoms. The Morgan fingerprint density at radius 1 is 1.24 bits per heavy atom. The highest BCUT2D eigenvalue weighted by atomic mass is 32.2. The largest absolute Gasteiger partial charge is 0.469 e. The SMILES string of the molecule is COC(=O)CCS(=O)Cc1cc(C)cc(C)c1. The van der Waals surface area contributed by atoms with Crippen LogP contribution < -0.4 is 0 Å². The van der Waals surface area contributed by atoms with Gasteiger partial charge in [-0.1, -0.05) is 29.3 Å². The maximum Gasteiger partial charge on any atom is 0.306 e. The van der Waals surface area contributed by atoms with Crippen molar-refractivity contribution < 1.29 is 13.7 Å². The minimum Gasteiger partial charge on any atom is -0.469 e. The van der Waals surface area contributed by atoms with Crippen molar-refractivity contribution in [1.29, 1.82) is 0 Å². The van der Waals surface area contributed by atoms with E-state index in [0.717, 1.165) is 5.56 Å². The Morgan fingerprint density at radius 2 is 1.82 bits per heavy atom. The summed E-state index contributed by atoms with van der Waals surface area (Å²) in [7, 11) is 0.332. The van der Waals surface area contributed by atoms with Crippen LogP contribution >= 0.6 is 0 Å². The zero-order chi connectivity index (χ0) is 12.8. The number of ether oxygens (including phenoxy) is 1. The number of esters is 1. The van der Waals surface area contributed by atoms with Gasteiger partial charge in [0.1, 0.15) is 0 Å². The smallest absolute Gasteiger partial charge is 0.306 e. The minimum atomic E-state index is -1.01. The first-order valence-electron chi connectivity index (χ1n) is 5.50. The molecule has 0 saturated carbocycles. The van der Waals surface area contributed by atoms with E-state index in [0.29, 0.717) is 11.5 Å². The number of hydrogen-bond donors (Lipinski definition) is 0. The number of rotatable bonds is 5. The summed E-state index contributed by atoms with van der Waals surface area (Å²) < 4.78 is 16.3. The van der Waals surface area contributed by atoms with E-state index in [2.05, 4.69) is 10.8 Å². The Kier molecular flexibility index (Phi) is 5.35. The fourth-order valence-electron chi connectivity index (χ4n) is 1.71. The first-order valence-corrected chi connectivity index (χ1v) is 6.99. The van der Waals surface area contributed by atoms with Gasteiger partial charge in [-0.05, 0) is 19.4 Å². The number of carbonyl (C=O) groups excluding carboxylic acids is 1. The van der Waals surface area contributed by atoms with E-state index in [1.807, 2.05) is 26.0 Å². The average molecular weight is 254 g/mol. The minimum absolute atomic E-state index is 0.216. The van der Waals surface area contributed by atoms with Crippen LogP contribution in [0, 0.1) is 13.8 Å². The molecule has 3 nitrogen and oxygen atoms in total. The standard InChI is InChI=1S/C13H18O3S/c1-10-6-11(2)8-12(7-10)9-17(15)5-4-13(14)16-3/h6-8H,4-5,9H2,1-3H3. The molecule has 0 amide bonds. The summed E-state index contributed by atoms with van der Waals surface area (Å²) in [4.78, 5) is 10.9. The molecule has 1 unspecified atom stereocenters. The maximum absolute atomic E-state index is 11.8. The molecule has 17 heavy (non-hydrogen) atoms. The molecular formula is C13H18O3S. The van der Waals surface area contributed by atoms with E-state index in [-0.39, 0.29) is 12.4 Å². The lowest BCUT2D eigenvalue weighted by Gasteiger charge is -2.05. The summed E-state index contributed by atoms with van der Waals surface area (Å²) >= 11 is 0. The van der Waals surface area contributed by atoms with Gasteiger partial charge in [0.15, 0.2) is 0 Å². The second-order valence-corrected chi connectivity index (χ2v) is 5.69. The molecule has 0 fully saturated rings. The third-order valence-corrected chi connectivity index (χ3v) is 3.69. The lowest BCUT2D eigenvalue weighted by Crippen LogP contribution is -2.08. The van der Waals surface area contributed by atoms with E-state index in [9.17, 15) is 9.00 Å². The van der Waals surface area contributed by atoms with Gasteiger partial charge in [-0.15, -0.1) is 0 Å². The van der Waals surface area contributed by atoms with Gasteiger partial charge in [-0.3, -0.25) is 9.00 Å². The Bertz CT molecular complexity index is 406. The third-order valence-electron chi connectivity index (χ3n) is 2.37. The van der Waals surface area contributed by atoms with Crippen molar-refractivity contribution in [1.82, 2.24) is 0 Å². The summed E-state index contributed by atoms with van der Waals surface area (Å²) in [5, 5.41) is 0. The van der Waals surface area contributed by atoms with Crippen molar-refractivity contribution in [2.24, 2.45) is 0 Å². The predicted octanol–water partition coefficient (Wildman–Crippen LogP) is 2.12. The van der Waals surface area contributed by atoms with Crippen molar-refractivity contribution in [3.8, 4) is 0 Å². The number of benzene rings is 1. The van der Waals surface area contributed by atoms with Crippen molar-refractivity contribution >= 4 is 16.8 Å². The van der Waals surface area contributed by atoms with Gasteiger partial charge in [0.25, 0.3) is 0 Å². The molecule has 0 aromatic heterocycles. The molecule has 1 atom stereocenters. The van der Waals surface area contributed by atoms with Crippen LogP contribution in [0.4, 0.5) is 0 Å². The van der Waals surface area contributed by atoms with Crippen LogP contribution in [0.3, 0.4) is 0 Å². The van der Waals surface area contributed by atoms with Gasteiger partial charge in [0.05, 0.1) is 13.5 Å². The summed E-state index contributed by atoms with van der Waals surface area (Å²) in [6.45, 7) is 4.04.